The second kappa shape index (κ2) is 9.14. The number of benzene rings is 1. The minimum Gasteiger partial charge on any atom is -0.467 e. The maximum Gasteiger partial charge on any atom is 0.273 e. The number of furan rings is 1. The number of hydrogen-bond acceptors (Lipinski definition) is 5. The third-order valence-corrected chi connectivity index (χ3v) is 6.89. The predicted octanol–water partition coefficient (Wildman–Crippen LogP) is 4.93. The number of rotatable bonds is 6. The van der Waals surface area contributed by atoms with E-state index in [1.54, 1.807) is 22.3 Å². The summed E-state index contributed by atoms with van der Waals surface area (Å²) in [6, 6.07) is 19.8. The van der Waals surface area contributed by atoms with Crippen LogP contribution in [0.3, 0.4) is 0 Å². The molecule has 0 N–H and O–H groups in total. The fourth-order valence-corrected chi connectivity index (χ4v) is 4.92. The van der Waals surface area contributed by atoms with Crippen molar-refractivity contribution in [3.63, 3.8) is 0 Å². The molecule has 1 aliphatic rings. The molecule has 0 atom stereocenters. The summed E-state index contributed by atoms with van der Waals surface area (Å²) in [5, 5.41) is 6.86. The number of nitrogens with zero attached hydrogens (tertiary/aromatic N) is 4. The topological polar surface area (TPSA) is 54.5 Å². The Morgan fingerprint density at radius 3 is 2.62 bits per heavy atom. The maximum atomic E-state index is 14.0. The molecule has 0 bridgehead atoms. The van der Waals surface area contributed by atoms with E-state index in [0.717, 1.165) is 47.9 Å². The summed E-state index contributed by atoms with van der Waals surface area (Å²) in [5.74, 6) is 0.775. The lowest BCUT2D eigenvalue weighted by Gasteiger charge is -2.37. The Hall–Kier alpha value is -3.16. The van der Waals surface area contributed by atoms with Crippen LogP contribution < -0.4 is 0 Å². The van der Waals surface area contributed by atoms with Crippen molar-refractivity contribution in [3.05, 3.63) is 83.8 Å². The summed E-state index contributed by atoms with van der Waals surface area (Å²) >= 11 is 1.62. The normalized spacial score (nSPS) is 15.2. The summed E-state index contributed by atoms with van der Waals surface area (Å²) in [6.07, 6.45) is 3.55. The lowest BCUT2D eigenvalue weighted by atomic mass is 10.0. The van der Waals surface area contributed by atoms with E-state index in [2.05, 4.69) is 11.9 Å². The van der Waals surface area contributed by atoms with E-state index in [0.29, 0.717) is 12.2 Å². The summed E-state index contributed by atoms with van der Waals surface area (Å²) in [4.78, 5) is 19.4. The minimum atomic E-state index is -0.0184. The van der Waals surface area contributed by atoms with Gasteiger partial charge in [-0.2, -0.15) is 5.10 Å². The first-order valence-electron chi connectivity index (χ1n) is 10.9. The van der Waals surface area contributed by atoms with Gasteiger partial charge in [-0.3, -0.25) is 4.79 Å². The smallest absolute Gasteiger partial charge is 0.273 e. The molecule has 0 aliphatic carbocycles. The van der Waals surface area contributed by atoms with E-state index < -0.39 is 0 Å². The van der Waals surface area contributed by atoms with Gasteiger partial charge in [-0.1, -0.05) is 24.3 Å². The van der Waals surface area contributed by atoms with Crippen molar-refractivity contribution in [1.82, 2.24) is 19.6 Å². The summed E-state index contributed by atoms with van der Waals surface area (Å²) < 4.78 is 7.40. The first kappa shape index (κ1) is 20.7. The number of carbonyl (C=O) groups is 1. The van der Waals surface area contributed by atoms with Gasteiger partial charge in [0.25, 0.3) is 5.91 Å². The van der Waals surface area contributed by atoms with Gasteiger partial charge in [-0.15, -0.1) is 11.3 Å². The van der Waals surface area contributed by atoms with Gasteiger partial charge in [-0.05, 0) is 74.8 Å². The van der Waals surface area contributed by atoms with E-state index in [9.17, 15) is 4.79 Å². The number of para-hydroxylation sites is 1. The molecule has 1 aliphatic heterocycles. The Balaban J connectivity index is 1.55. The molecule has 3 aromatic heterocycles. The van der Waals surface area contributed by atoms with Gasteiger partial charge in [0.05, 0.1) is 23.4 Å². The Kier molecular flexibility index (Phi) is 5.92. The lowest BCUT2D eigenvalue weighted by Crippen LogP contribution is -2.46. The largest absolute Gasteiger partial charge is 0.467 e. The Morgan fingerprint density at radius 1 is 1.12 bits per heavy atom. The van der Waals surface area contributed by atoms with Gasteiger partial charge in [0, 0.05) is 6.04 Å². The van der Waals surface area contributed by atoms with Crippen LogP contribution in [0.5, 0.6) is 0 Å². The van der Waals surface area contributed by atoms with Crippen molar-refractivity contribution in [1.29, 1.82) is 0 Å². The molecule has 0 saturated carbocycles. The van der Waals surface area contributed by atoms with Gasteiger partial charge in [0.15, 0.2) is 0 Å². The molecule has 0 spiro atoms. The van der Waals surface area contributed by atoms with E-state index in [-0.39, 0.29) is 11.9 Å². The molecule has 5 rings (SSSR count). The van der Waals surface area contributed by atoms with Gasteiger partial charge < -0.3 is 14.2 Å². The maximum absolute atomic E-state index is 14.0. The molecular weight excluding hydrogens is 420 g/mol. The van der Waals surface area contributed by atoms with Gasteiger partial charge in [0.2, 0.25) is 0 Å². The van der Waals surface area contributed by atoms with Crippen molar-refractivity contribution in [2.45, 2.75) is 25.4 Å². The quantitative estimate of drug-likeness (QED) is 0.421. The average Bonchev–Trinajstić information content (AvgIpc) is 3.60. The van der Waals surface area contributed by atoms with E-state index in [4.69, 9.17) is 9.52 Å². The molecule has 32 heavy (non-hydrogen) atoms. The van der Waals surface area contributed by atoms with Crippen LogP contribution in [-0.4, -0.2) is 51.7 Å². The van der Waals surface area contributed by atoms with Crippen molar-refractivity contribution in [3.8, 4) is 16.3 Å². The fraction of sp³-hybridized carbons (Fsp3) is 0.280. The molecule has 7 heteroatoms. The van der Waals surface area contributed by atoms with E-state index >= 15 is 0 Å². The Bertz CT molecular complexity index is 1140. The first-order chi connectivity index (χ1) is 15.7. The summed E-state index contributed by atoms with van der Waals surface area (Å²) in [7, 11) is 2.13. The molecule has 4 heterocycles. The highest BCUT2D eigenvalue weighted by atomic mass is 32.1. The van der Waals surface area contributed by atoms with Crippen LogP contribution in [0, 0.1) is 0 Å². The SMILES string of the molecule is CN1CCC(N(Cc2ccco2)C(=O)c2cc(-c3cccs3)nn2-c2ccccc2)CC1. The van der Waals surface area contributed by atoms with Crippen molar-refractivity contribution in [2.75, 3.05) is 20.1 Å². The van der Waals surface area contributed by atoms with Gasteiger partial charge >= 0.3 is 0 Å². The predicted molar refractivity (Wildman–Crippen MR) is 126 cm³/mol. The van der Waals surface area contributed by atoms with Crippen LogP contribution >= 0.6 is 11.3 Å². The first-order valence-corrected chi connectivity index (χ1v) is 11.8. The summed E-state index contributed by atoms with van der Waals surface area (Å²) in [5.41, 5.74) is 2.26. The number of hydrogen-bond donors (Lipinski definition) is 0. The Morgan fingerprint density at radius 2 is 1.94 bits per heavy atom. The molecule has 164 valence electrons. The van der Waals surface area contributed by atoms with E-state index in [1.165, 1.54) is 0 Å². The van der Waals surface area contributed by atoms with Gasteiger partial charge in [-0.25, -0.2) is 4.68 Å². The summed E-state index contributed by atoms with van der Waals surface area (Å²) in [6.45, 7) is 2.41. The average molecular weight is 447 g/mol. The number of aromatic nitrogens is 2. The molecule has 1 saturated heterocycles. The van der Waals surface area contributed by atoms with Crippen LogP contribution in [0.1, 0.15) is 29.1 Å². The second-order valence-electron chi connectivity index (χ2n) is 8.19. The van der Waals surface area contributed by atoms with Crippen molar-refractivity contribution in [2.24, 2.45) is 0 Å². The minimum absolute atomic E-state index is 0.0184. The van der Waals surface area contributed by atoms with E-state index in [1.807, 2.05) is 70.9 Å². The van der Waals surface area contributed by atoms with Crippen LogP contribution in [-0.2, 0) is 6.54 Å². The standard InChI is InChI=1S/C25H26N4O2S/c1-27-13-11-19(12-14-27)28(18-21-9-5-15-31-21)25(30)23-17-22(24-10-6-16-32-24)26-29(23)20-7-3-2-4-8-20/h2-10,15-17,19H,11-14,18H2,1H3. The van der Waals surface area contributed by atoms with Crippen LogP contribution in [0.15, 0.2) is 76.7 Å². The molecule has 6 nitrogen and oxygen atoms in total. The highest BCUT2D eigenvalue weighted by Gasteiger charge is 2.31. The number of carbonyl (C=O) groups excluding carboxylic acids is 1. The zero-order valence-electron chi connectivity index (χ0n) is 18.1. The zero-order chi connectivity index (χ0) is 21.9. The fourth-order valence-electron chi connectivity index (χ4n) is 4.24. The van der Waals surface area contributed by atoms with Gasteiger partial charge in [0.1, 0.15) is 17.1 Å². The van der Waals surface area contributed by atoms with Crippen LogP contribution in [0.25, 0.3) is 16.3 Å². The second-order valence-corrected chi connectivity index (χ2v) is 9.13. The molecule has 0 radical (unpaired) electrons. The lowest BCUT2D eigenvalue weighted by molar-refractivity contribution is 0.0541. The van der Waals surface area contributed by atoms with Crippen molar-refractivity contribution >= 4 is 17.2 Å². The molecule has 1 aromatic carbocycles. The van der Waals surface area contributed by atoms with Crippen LogP contribution in [0.4, 0.5) is 0 Å². The van der Waals surface area contributed by atoms with Crippen LogP contribution in [0.2, 0.25) is 0 Å². The third kappa shape index (κ3) is 4.26. The molecular formula is C25H26N4O2S. The molecule has 4 aromatic rings. The number of amides is 1. The number of likely N-dealkylation sites (tertiary alicyclic amines) is 1. The zero-order valence-corrected chi connectivity index (χ0v) is 18.9. The number of piperidine rings is 1. The van der Waals surface area contributed by atoms with Crippen molar-refractivity contribution < 1.29 is 9.21 Å². The Labute approximate surface area is 191 Å². The number of thiophene rings is 1. The highest BCUT2D eigenvalue weighted by molar-refractivity contribution is 7.13. The molecule has 0 unspecified atom stereocenters. The molecule has 1 fully saturated rings. The third-order valence-electron chi connectivity index (χ3n) is 6.00. The molecule has 1 amide bonds. The highest BCUT2D eigenvalue weighted by Crippen LogP contribution is 2.28. The monoisotopic (exact) mass is 446 g/mol.